The average Bonchev–Trinajstić information content (AvgIpc) is 2.20. The zero-order valence-electron chi connectivity index (χ0n) is 7.97. The van der Waals surface area contributed by atoms with Crippen LogP contribution in [0, 0.1) is 0 Å². The van der Waals surface area contributed by atoms with Crippen molar-refractivity contribution in [1.82, 2.24) is 4.98 Å². The van der Waals surface area contributed by atoms with E-state index in [1.54, 1.807) is 12.3 Å². The van der Waals surface area contributed by atoms with Gasteiger partial charge in [-0.25, -0.2) is 4.98 Å². The first-order chi connectivity index (χ1) is 7.24. The lowest BCUT2D eigenvalue weighted by Gasteiger charge is -1.98. The Balaban J connectivity index is 2.60. The number of rotatable bonds is 4. The molecule has 0 bridgehead atoms. The van der Waals surface area contributed by atoms with Gasteiger partial charge in [-0.3, -0.25) is 0 Å². The Morgan fingerprint density at radius 3 is 3.13 bits per heavy atom. The van der Waals surface area contributed by atoms with Gasteiger partial charge in [-0.1, -0.05) is 28.9 Å². The molecule has 0 radical (unpaired) electrons. The summed E-state index contributed by atoms with van der Waals surface area (Å²) in [7, 11) is 0. The molecule has 0 spiro atoms. The van der Waals surface area contributed by atoms with E-state index in [4.69, 9.17) is 22.9 Å². The average molecular weight is 224 g/mol. The van der Waals surface area contributed by atoms with E-state index in [-0.39, 0.29) is 0 Å². The van der Waals surface area contributed by atoms with Crippen LogP contribution in [0.1, 0.15) is 12.0 Å². The third-order valence-electron chi connectivity index (χ3n) is 1.66. The molecule has 0 aliphatic heterocycles. The van der Waals surface area contributed by atoms with E-state index in [9.17, 15) is 0 Å². The van der Waals surface area contributed by atoms with Crippen molar-refractivity contribution in [2.45, 2.75) is 6.42 Å². The van der Waals surface area contributed by atoms with Gasteiger partial charge in [0.05, 0.1) is 5.02 Å². The van der Waals surface area contributed by atoms with Crippen LogP contribution in [0.4, 0.5) is 5.82 Å². The van der Waals surface area contributed by atoms with Crippen molar-refractivity contribution in [1.29, 1.82) is 0 Å². The predicted molar refractivity (Wildman–Crippen MR) is 61.3 cm³/mol. The van der Waals surface area contributed by atoms with E-state index in [1.165, 1.54) is 0 Å². The van der Waals surface area contributed by atoms with Crippen LogP contribution in [0.15, 0.2) is 23.5 Å². The third kappa shape index (κ3) is 3.89. The maximum atomic E-state index is 8.05. The summed E-state index contributed by atoms with van der Waals surface area (Å²) < 4.78 is 0. The number of nitrogen functional groups attached to an aromatic ring is 1. The maximum Gasteiger partial charge on any atom is 0.124 e. The summed E-state index contributed by atoms with van der Waals surface area (Å²) in [6, 6.07) is 1.59. The van der Waals surface area contributed by atoms with Crippen molar-refractivity contribution >= 4 is 23.5 Å². The fourth-order valence-corrected chi connectivity index (χ4v) is 1.19. The quantitative estimate of drug-likeness (QED) is 0.368. The highest BCUT2D eigenvalue weighted by Crippen LogP contribution is 2.18. The second-order valence-electron chi connectivity index (χ2n) is 2.78. The van der Waals surface area contributed by atoms with E-state index in [2.05, 4.69) is 15.0 Å². The molecular weight excluding hydrogens is 214 g/mol. The van der Waals surface area contributed by atoms with Gasteiger partial charge in [0.2, 0.25) is 0 Å². The van der Waals surface area contributed by atoms with Gasteiger partial charge in [0.15, 0.2) is 0 Å². The smallest absolute Gasteiger partial charge is 0.124 e. The van der Waals surface area contributed by atoms with Gasteiger partial charge in [0.1, 0.15) is 5.82 Å². The van der Waals surface area contributed by atoms with Gasteiger partial charge >= 0.3 is 0 Å². The Morgan fingerprint density at radius 1 is 1.67 bits per heavy atom. The highest BCUT2D eigenvalue weighted by Gasteiger charge is 1.96. The third-order valence-corrected chi connectivity index (χ3v) is 1.99. The van der Waals surface area contributed by atoms with Crippen LogP contribution in [-0.2, 0) is 0 Å². The SMILES string of the molecule is [N-]=[N+]=NCCC=Cc1cnc(N)cc1Cl. The zero-order chi connectivity index (χ0) is 11.1. The summed E-state index contributed by atoms with van der Waals surface area (Å²) in [5, 5.41) is 3.96. The van der Waals surface area contributed by atoms with E-state index >= 15 is 0 Å². The molecule has 0 aliphatic rings. The summed E-state index contributed by atoms with van der Waals surface area (Å²) in [5.74, 6) is 0.395. The topological polar surface area (TPSA) is 87.7 Å². The van der Waals surface area contributed by atoms with E-state index in [0.29, 0.717) is 23.8 Å². The van der Waals surface area contributed by atoms with Crippen molar-refractivity contribution < 1.29 is 0 Å². The number of azide groups is 1. The summed E-state index contributed by atoms with van der Waals surface area (Å²) in [6.45, 7) is 0.438. The van der Waals surface area contributed by atoms with Crippen LogP contribution in [0.2, 0.25) is 5.02 Å². The number of pyridine rings is 1. The first kappa shape index (κ1) is 11.4. The molecule has 15 heavy (non-hydrogen) atoms. The van der Waals surface area contributed by atoms with E-state index in [0.717, 1.165) is 5.56 Å². The lowest BCUT2D eigenvalue weighted by molar-refractivity contribution is 0.995. The molecule has 1 aromatic heterocycles. The number of nitrogens with two attached hydrogens (primary N) is 1. The van der Waals surface area contributed by atoms with Crippen LogP contribution in [0.3, 0.4) is 0 Å². The molecule has 0 aliphatic carbocycles. The van der Waals surface area contributed by atoms with Gasteiger partial charge in [-0.15, -0.1) is 0 Å². The molecule has 0 fully saturated rings. The number of anilines is 1. The standard InChI is InChI=1S/C9H10ClN5/c10-8-5-9(11)13-6-7(8)3-1-2-4-14-15-12/h1,3,5-6H,2,4H2,(H2,11,13). The van der Waals surface area contributed by atoms with Crippen LogP contribution < -0.4 is 5.73 Å². The predicted octanol–water partition coefficient (Wildman–Crippen LogP) is 3.03. The van der Waals surface area contributed by atoms with Crippen molar-refractivity contribution in [2.75, 3.05) is 12.3 Å². The molecule has 1 rings (SSSR count). The van der Waals surface area contributed by atoms with Crippen molar-refractivity contribution in [3.8, 4) is 0 Å². The Bertz CT molecular complexity index is 409. The minimum atomic E-state index is 0.395. The molecule has 0 saturated heterocycles. The normalized spacial score (nSPS) is 10.2. The molecule has 0 atom stereocenters. The van der Waals surface area contributed by atoms with Crippen molar-refractivity contribution in [3.63, 3.8) is 0 Å². The van der Waals surface area contributed by atoms with Crippen molar-refractivity contribution in [3.05, 3.63) is 39.4 Å². The minimum Gasteiger partial charge on any atom is -0.384 e. The number of halogens is 1. The van der Waals surface area contributed by atoms with E-state index < -0.39 is 0 Å². The summed E-state index contributed by atoms with van der Waals surface area (Å²) in [4.78, 5) is 6.56. The molecule has 78 valence electrons. The Morgan fingerprint density at radius 2 is 2.47 bits per heavy atom. The van der Waals surface area contributed by atoms with Crippen LogP contribution in [0.5, 0.6) is 0 Å². The molecule has 1 aromatic rings. The van der Waals surface area contributed by atoms with Crippen LogP contribution in [-0.4, -0.2) is 11.5 Å². The zero-order valence-corrected chi connectivity index (χ0v) is 8.72. The van der Waals surface area contributed by atoms with Gasteiger partial charge in [-0.2, -0.15) is 0 Å². The summed E-state index contributed by atoms with van der Waals surface area (Å²) >= 11 is 5.92. The van der Waals surface area contributed by atoms with Gasteiger partial charge in [0.25, 0.3) is 0 Å². The molecule has 1 heterocycles. The number of nitrogens with zero attached hydrogens (tertiary/aromatic N) is 4. The maximum absolute atomic E-state index is 8.05. The Hall–Kier alpha value is -1.71. The Kier molecular flexibility index (Phi) is 4.47. The molecule has 0 saturated carbocycles. The summed E-state index contributed by atoms with van der Waals surface area (Å²) in [6.07, 6.45) is 5.96. The number of aromatic nitrogens is 1. The first-order valence-corrected chi connectivity index (χ1v) is 4.70. The van der Waals surface area contributed by atoms with Crippen LogP contribution >= 0.6 is 11.6 Å². The summed E-state index contributed by atoms with van der Waals surface area (Å²) in [5.41, 5.74) is 14.3. The molecular formula is C9H10ClN5. The fraction of sp³-hybridized carbons (Fsp3) is 0.222. The van der Waals surface area contributed by atoms with Gasteiger partial charge in [-0.05, 0) is 18.0 Å². The highest BCUT2D eigenvalue weighted by atomic mass is 35.5. The van der Waals surface area contributed by atoms with Gasteiger partial charge in [0, 0.05) is 23.2 Å². The van der Waals surface area contributed by atoms with Crippen molar-refractivity contribution in [2.24, 2.45) is 5.11 Å². The largest absolute Gasteiger partial charge is 0.384 e. The first-order valence-electron chi connectivity index (χ1n) is 4.32. The monoisotopic (exact) mass is 223 g/mol. The number of hydrogen-bond acceptors (Lipinski definition) is 3. The lowest BCUT2D eigenvalue weighted by Crippen LogP contribution is -1.89. The van der Waals surface area contributed by atoms with Crippen LogP contribution in [0.25, 0.3) is 16.5 Å². The highest BCUT2D eigenvalue weighted by molar-refractivity contribution is 6.32. The molecule has 2 N–H and O–H groups in total. The molecule has 0 aromatic carbocycles. The molecule has 5 nitrogen and oxygen atoms in total. The Labute approximate surface area is 92.2 Å². The van der Waals surface area contributed by atoms with E-state index in [1.807, 2.05) is 12.2 Å². The minimum absolute atomic E-state index is 0.395. The molecule has 0 unspecified atom stereocenters. The van der Waals surface area contributed by atoms with Gasteiger partial charge < -0.3 is 5.73 Å². The molecule has 6 heteroatoms. The second-order valence-corrected chi connectivity index (χ2v) is 3.18. The fourth-order valence-electron chi connectivity index (χ4n) is 0.966. The second kappa shape index (κ2) is 5.90. The number of hydrogen-bond donors (Lipinski definition) is 1. The lowest BCUT2D eigenvalue weighted by atomic mass is 10.2. The molecule has 0 amide bonds.